The van der Waals surface area contributed by atoms with Crippen LogP contribution in [0, 0.1) is 5.41 Å². The Labute approximate surface area is 373 Å². The third kappa shape index (κ3) is 10.4. The summed E-state index contributed by atoms with van der Waals surface area (Å²) in [5.41, 5.74) is 4.36. The number of amides is 1. The van der Waals surface area contributed by atoms with Crippen molar-refractivity contribution in [2.45, 2.75) is 95.7 Å². The number of allylic oxidation sites excluding steroid dienone is 2. The standard InChI is InChI=1S/C53H56F3NO7/c1-35-11-10-27-51(2)46(43-24-19-37(29-40(58)21-16-35)30-45(43)50(60)44-15-9-8-14-42(44)39-12-6-5-7-13-39)26-28-52(51,61)34-57(33-36-17-22-41(23-18-36)64-53(54,55)56)49(59)32-38-20-25-47(62-3)48(31-38)63-4/h5-9,11-15,17-20,22-25,30-31,40,46,58,61H,10,16,21,26-29,32-34H2,1-4H3/t40-,46-,51-,52+/m0/s1. The van der Waals surface area contributed by atoms with Crippen molar-refractivity contribution in [1.82, 2.24) is 4.90 Å². The molecular formula is C53H56F3NO7. The van der Waals surface area contributed by atoms with Crippen molar-refractivity contribution in [1.29, 1.82) is 0 Å². The summed E-state index contributed by atoms with van der Waals surface area (Å²) in [4.78, 5) is 31.3. The number of halogens is 3. The Morgan fingerprint density at radius 2 is 1.52 bits per heavy atom. The molecule has 0 saturated heterocycles. The zero-order valence-corrected chi connectivity index (χ0v) is 36.8. The van der Waals surface area contributed by atoms with Gasteiger partial charge in [-0.15, -0.1) is 13.2 Å². The normalized spacial score (nSPS) is 21.3. The topological polar surface area (TPSA) is 106 Å². The maximum Gasteiger partial charge on any atom is 0.573 e. The lowest BCUT2D eigenvalue weighted by Crippen LogP contribution is -2.53. The Hall–Kier alpha value is -5.91. The monoisotopic (exact) mass is 875 g/mol. The van der Waals surface area contributed by atoms with E-state index in [2.05, 4.69) is 17.7 Å². The van der Waals surface area contributed by atoms with E-state index in [-0.39, 0.29) is 42.9 Å². The van der Waals surface area contributed by atoms with Gasteiger partial charge >= 0.3 is 6.36 Å². The van der Waals surface area contributed by atoms with Crippen molar-refractivity contribution in [2.75, 3.05) is 20.8 Å². The first kappa shape index (κ1) is 46.1. The van der Waals surface area contributed by atoms with Gasteiger partial charge in [-0.2, -0.15) is 0 Å². The number of nitrogens with zero attached hydrogens (tertiary/aromatic N) is 1. The number of rotatable bonds is 12. The molecule has 336 valence electrons. The number of methoxy groups -OCH3 is 2. The Balaban J connectivity index is 1.30. The molecule has 1 fully saturated rings. The van der Waals surface area contributed by atoms with Gasteiger partial charge in [0.1, 0.15) is 5.75 Å². The van der Waals surface area contributed by atoms with Crippen LogP contribution in [-0.4, -0.2) is 65.6 Å². The van der Waals surface area contributed by atoms with Gasteiger partial charge in [0.15, 0.2) is 17.3 Å². The zero-order chi connectivity index (χ0) is 45.6. The minimum absolute atomic E-state index is 0.00246. The van der Waals surface area contributed by atoms with Gasteiger partial charge in [0, 0.05) is 23.1 Å². The number of hydrogen-bond acceptors (Lipinski definition) is 7. The second-order valence-electron chi connectivity index (χ2n) is 17.5. The highest BCUT2D eigenvalue weighted by Crippen LogP contribution is 2.59. The lowest BCUT2D eigenvalue weighted by molar-refractivity contribution is -0.274. The average molecular weight is 876 g/mol. The number of fused-ring (bicyclic) bond motifs is 8. The summed E-state index contributed by atoms with van der Waals surface area (Å²) in [7, 11) is 3.03. The molecule has 2 N–H and O–H groups in total. The van der Waals surface area contributed by atoms with E-state index in [4.69, 9.17) is 9.47 Å². The molecule has 8 rings (SSSR count). The minimum Gasteiger partial charge on any atom is -0.493 e. The van der Waals surface area contributed by atoms with Crippen molar-refractivity contribution in [3.8, 4) is 28.4 Å². The predicted octanol–water partition coefficient (Wildman–Crippen LogP) is 10.8. The summed E-state index contributed by atoms with van der Waals surface area (Å²) in [6, 6.07) is 33.8. The van der Waals surface area contributed by atoms with Crippen LogP contribution in [0.1, 0.15) is 96.5 Å². The van der Waals surface area contributed by atoms with Gasteiger partial charge in [-0.1, -0.05) is 104 Å². The van der Waals surface area contributed by atoms with Gasteiger partial charge in [-0.3, -0.25) is 9.59 Å². The number of carbonyl (C=O) groups excluding carboxylic acids is 2. The third-order valence-electron chi connectivity index (χ3n) is 13.3. The van der Waals surface area contributed by atoms with E-state index >= 15 is 4.79 Å². The van der Waals surface area contributed by atoms with Gasteiger partial charge in [0.05, 0.1) is 38.9 Å². The van der Waals surface area contributed by atoms with Crippen LogP contribution in [-0.2, 0) is 24.2 Å². The minimum atomic E-state index is -4.86. The van der Waals surface area contributed by atoms with Crippen LogP contribution in [0.5, 0.6) is 17.2 Å². The summed E-state index contributed by atoms with van der Waals surface area (Å²) in [5.74, 6) is -0.223. The maximum atomic E-state index is 15.1. The fraction of sp³-hybridized carbons (Fsp3) is 0.358. The third-order valence-corrected chi connectivity index (χ3v) is 13.3. The zero-order valence-electron chi connectivity index (χ0n) is 36.8. The number of benzene rings is 5. The second-order valence-corrected chi connectivity index (χ2v) is 17.5. The molecule has 0 aromatic heterocycles. The van der Waals surface area contributed by atoms with Crippen molar-refractivity contribution in [3.05, 3.63) is 160 Å². The van der Waals surface area contributed by atoms with E-state index in [1.54, 1.807) is 23.1 Å². The van der Waals surface area contributed by atoms with Crippen LogP contribution in [0.4, 0.5) is 13.2 Å². The van der Waals surface area contributed by atoms with Crippen LogP contribution >= 0.6 is 0 Å². The molecule has 3 aliphatic rings. The van der Waals surface area contributed by atoms with E-state index in [1.807, 2.05) is 79.7 Å². The van der Waals surface area contributed by atoms with Crippen LogP contribution in [0.2, 0.25) is 0 Å². The quantitative estimate of drug-likeness (QED) is 0.0950. The van der Waals surface area contributed by atoms with Gasteiger partial charge in [0.25, 0.3) is 0 Å². The molecule has 0 aliphatic heterocycles. The number of aliphatic hydroxyl groups excluding tert-OH is 1. The first-order chi connectivity index (χ1) is 30.6. The number of alkyl halides is 3. The Morgan fingerprint density at radius 3 is 2.23 bits per heavy atom. The van der Waals surface area contributed by atoms with E-state index < -0.39 is 23.5 Å². The molecule has 0 unspecified atom stereocenters. The molecule has 1 amide bonds. The highest BCUT2D eigenvalue weighted by molar-refractivity contribution is 6.13. The van der Waals surface area contributed by atoms with E-state index in [0.717, 1.165) is 27.8 Å². The van der Waals surface area contributed by atoms with E-state index in [9.17, 15) is 28.2 Å². The second kappa shape index (κ2) is 19.5. The molecule has 5 aromatic carbocycles. The van der Waals surface area contributed by atoms with Gasteiger partial charge in [-0.05, 0) is 121 Å². The molecule has 0 heterocycles. The SMILES string of the molecule is COc1ccc(CC(=O)N(Cc2ccc(OC(F)(F)F)cc2)C[C@]2(O)CC[C@H]3c4ccc(cc4C(=O)c4ccccc4-c4ccccc4)C[C@@H](O)CCC(C)=CCC[C@@]32C)cc1OC. The smallest absolute Gasteiger partial charge is 0.493 e. The molecule has 2 bridgehead atoms. The van der Waals surface area contributed by atoms with Crippen molar-refractivity contribution < 1.29 is 47.2 Å². The average Bonchev–Trinajstić information content (AvgIpc) is 3.53. The first-order valence-electron chi connectivity index (χ1n) is 21.8. The molecule has 0 spiro atoms. The number of carbonyl (C=O) groups is 2. The summed E-state index contributed by atoms with van der Waals surface area (Å²) >= 11 is 0. The molecule has 0 radical (unpaired) electrons. The molecule has 4 atom stereocenters. The summed E-state index contributed by atoms with van der Waals surface area (Å²) in [6.07, 6.45) is 0.200. The van der Waals surface area contributed by atoms with Gasteiger partial charge in [-0.25, -0.2) is 0 Å². The number of aliphatic hydroxyl groups is 2. The predicted molar refractivity (Wildman–Crippen MR) is 241 cm³/mol. The van der Waals surface area contributed by atoms with Crippen LogP contribution < -0.4 is 14.2 Å². The van der Waals surface area contributed by atoms with Crippen LogP contribution in [0.25, 0.3) is 11.1 Å². The van der Waals surface area contributed by atoms with Crippen molar-refractivity contribution in [3.63, 3.8) is 0 Å². The molecule has 1 saturated carbocycles. The number of hydrogen-bond donors (Lipinski definition) is 2. The molecule has 11 heteroatoms. The van der Waals surface area contributed by atoms with Crippen LogP contribution in [0.3, 0.4) is 0 Å². The lowest BCUT2D eigenvalue weighted by Gasteiger charge is -2.46. The number of ketones is 1. The Kier molecular flexibility index (Phi) is 14.0. The molecular weight excluding hydrogens is 820 g/mol. The van der Waals surface area contributed by atoms with Gasteiger partial charge < -0.3 is 29.3 Å². The van der Waals surface area contributed by atoms with Crippen molar-refractivity contribution >= 4 is 11.7 Å². The highest BCUT2D eigenvalue weighted by Gasteiger charge is 2.57. The fourth-order valence-electron chi connectivity index (χ4n) is 9.73. The summed E-state index contributed by atoms with van der Waals surface area (Å²) < 4.78 is 54.2. The molecule has 8 nitrogen and oxygen atoms in total. The largest absolute Gasteiger partial charge is 0.573 e. The first-order valence-corrected chi connectivity index (χ1v) is 21.8. The lowest BCUT2D eigenvalue weighted by atomic mass is 9.64. The Morgan fingerprint density at radius 1 is 0.812 bits per heavy atom. The van der Waals surface area contributed by atoms with E-state index in [1.165, 1.54) is 38.5 Å². The van der Waals surface area contributed by atoms with Gasteiger partial charge in [0.2, 0.25) is 5.91 Å². The number of ether oxygens (including phenoxy) is 3. The maximum absolute atomic E-state index is 15.1. The highest BCUT2D eigenvalue weighted by atomic mass is 19.4. The van der Waals surface area contributed by atoms with Crippen LogP contribution in [0.15, 0.2) is 127 Å². The fourth-order valence-corrected chi connectivity index (χ4v) is 9.73. The molecule has 5 aromatic rings. The van der Waals surface area contributed by atoms with E-state index in [0.29, 0.717) is 78.7 Å². The van der Waals surface area contributed by atoms with Crippen molar-refractivity contribution in [2.24, 2.45) is 5.41 Å². The molecule has 64 heavy (non-hydrogen) atoms. The Bertz CT molecular complexity index is 2470. The summed E-state index contributed by atoms with van der Waals surface area (Å²) in [5, 5.41) is 24.5. The molecule has 3 aliphatic carbocycles. The summed E-state index contributed by atoms with van der Waals surface area (Å²) in [6.45, 7) is 4.02.